The Balaban J connectivity index is 1.86. The number of benzene rings is 3. The van der Waals surface area contributed by atoms with Gasteiger partial charge in [0.25, 0.3) is 11.8 Å². The summed E-state index contributed by atoms with van der Waals surface area (Å²) in [5.74, 6) is 1.24. The van der Waals surface area contributed by atoms with Crippen molar-refractivity contribution in [3.8, 4) is 18.1 Å². The van der Waals surface area contributed by atoms with Crippen molar-refractivity contribution in [1.29, 1.82) is 0 Å². The van der Waals surface area contributed by atoms with Crippen molar-refractivity contribution in [2.45, 2.75) is 0 Å². The maximum absolute atomic E-state index is 13.2. The van der Waals surface area contributed by atoms with Crippen molar-refractivity contribution in [3.05, 3.63) is 76.8 Å². The van der Waals surface area contributed by atoms with Crippen molar-refractivity contribution in [2.24, 2.45) is 0 Å². The van der Waals surface area contributed by atoms with Gasteiger partial charge in [0.15, 0.2) is 0 Å². The highest BCUT2D eigenvalue weighted by Crippen LogP contribution is 2.32. The standard InChI is InChI=1S/C24H15ClN2O4/c1-2-12-31-21-11-10-15-6-3-4-9-18(15)19(21)14-20-22(28)26-24(30)27(23(20)29)17-8-5-7-16(25)13-17/h1,3-11,13-14H,12H2,(H,26,28,30)/b20-14+. The van der Waals surface area contributed by atoms with Crippen LogP contribution in [0.3, 0.4) is 0 Å². The Kier molecular flexibility index (Phi) is 5.44. The van der Waals surface area contributed by atoms with Crippen LogP contribution in [0.1, 0.15) is 5.56 Å². The summed E-state index contributed by atoms with van der Waals surface area (Å²) < 4.78 is 5.63. The monoisotopic (exact) mass is 430 g/mol. The highest BCUT2D eigenvalue weighted by Gasteiger charge is 2.37. The van der Waals surface area contributed by atoms with E-state index in [1.165, 1.54) is 12.1 Å². The van der Waals surface area contributed by atoms with Crippen LogP contribution in [0.4, 0.5) is 10.5 Å². The minimum Gasteiger partial charge on any atom is -0.480 e. The summed E-state index contributed by atoms with van der Waals surface area (Å²) in [5, 5.41) is 4.19. The SMILES string of the molecule is C#CCOc1ccc2ccccc2c1/C=C1\C(=O)NC(=O)N(c2cccc(Cl)c2)C1=O. The Bertz CT molecular complexity index is 1310. The van der Waals surface area contributed by atoms with Crippen LogP contribution in [0, 0.1) is 12.3 Å². The number of carbonyl (C=O) groups excluding carboxylic acids is 3. The van der Waals surface area contributed by atoms with Gasteiger partial charge in [-0.2, -0.15) is 0 Å². The normalized spacial score (nSPS) is 15.2. The maximum atomic E-state index is 13.2. The molecule has 152 valence electrons. The fraction of sp³-hybridized carbons (Fsp3) is 0.0417. The van der Waals surface area contributed by atoms with Crippen LogP contribution in [0.25, 0.3) is 16.8 Å². The van der Waals surface area contributed by atoms with Crippen LogP contribution in [-0.2, 0) is 9.59 Å². The zero-order valence-electron chi connectivity index (χ0n) is 16.1. The van der Waals surface area contributed by atoms with Crippen molar-refractivity contribution < 1.29 is 19.1 Å². The lowest BCUT2D eigenvalue weighted by Crippen LogP contribution is -2.54. The van der Waals surface area contributed by atoms with Gasteiger partial charge in [-0.25, -0.2) is 9.69 Å². The van der Waals surface area contributed by atoms with Gasteiger partial charge >= 0.3 is 6.03 Å². The Hall–Kier alpha value is -4.08. The minimum absolute atomic E-state index is 0.0157. The lowest BCUT2D eigenvalue weighted by molar-refractivity contribution is -0.122. The number of halogens is 1. The van der Waals surface area contributed by atoms with Gasteiger partial charge < -0.3 is 4.74 Å². The van der Waals surface area contributed by atoms with Gasteiger partial charge in [0.2, 0.25) is 0 Å². The molecule has 3 aromatic carbocycles. The molecule has 0 bridgehead atoms. The Morgan fingerprint density at radius 1 is 1.06 bits per heavy atom. The second-order valence-electron chi connectivity index (χ2n) is 6.63. The van der Waals surface area contributed by atoms with Crippen LogP contribution in [-0.4, -0.2) is 24.5 Å². The summed E-state index contributed by atoms with van der Waals surface area (Å²) in [7, 11) is 0. The Morgan fingerprint density at radius 3 is 2.65 bits per heavy atom. The molecule has 7 heteroatoms. The van der Waals surface area contributed by atoms with E-state index in [0.717, 1.165) is 15.7 Å². The molecule has 0 atom stereocenters. The average molecular weight is 431 g/mol. The number of hydrogen-bond acceptors (Lipinski definition) is 4. The molecule has 1 heterocycles. The number of anilines is 1. The Labute approximate surface area is 183 Å². The predicted molar refractivity (Wildman–Crippen MR) is 119 cm³/mol. The molecular formula is C24H15ClN2O4. The second kappa shape index (κ2) is 8.34. The van der Waals surface area contributed by atoms with E-state index in [0.29, 0.717) is 16.3 Å². The molecule has 4 rings (SSSR count). The van der Waals surface area contributed by atoms with Gasteiger partial charge in [-0.1, -0.05) is 53.9 Å². The zero-order chi connectivity index (χ0) is 22.0. The molecule has 0 saturated carbocycles. The first-order valence-corrected chi connectivity index (χ1v) is 9.62. The summed E-state index contributed by atoms with van der Waals surface area (Å²) in [6.07, 6.45) is 6.73. The molecule has 0 aliphatic carbocycles. The van der Waals surface area contributed by atoms with E-state index in [1.807, 2.05) is 30.3 Å². The molecule has 1 N–H and O–H groups in total. The highest BCUT2D eigenvalue weighted by atomic mass is 35.5. The summed E-state index contributed by atoms with van der Waals surface area (Å²) in [6, 6.07) is 16.4. The maximum Gasteiger partial charge on any atom is 0.335 e. The minimum atomic E-state index is -0.851. The first kappa shape index (κ1) is 20.2. The molecule has 1 aliphatic rings. The molecule has 0 aromatic heterocycles. The third-order valence-electron chi connectivity index (χ3n) is 4.70. The number of nitrogens with zero attached hydrogens (tertiary/aromatic N) is 1. The molecule has 6 nitrogen and oxygen atoms in total. The number of amides is 4. The summed E-state index contributed by atoms with van der Waals surface area (Å²) in [5.41, 5.74) is 0.531. The fourth-order valence-corrected chi connectivity index (χ4v) is 3.51. The molecule has 1 aliphatic heterocycles. The number of rotatable bonds is 4. The van der Waals surface area contributed by atoms with Gasteiger partial charge in [0.1, 0.15) is 17.9 Å². The molecule has 4 amide bonds. The number of urea groups is 1. The Morgan fingerprint density at radius 2 is 1.87 bits per heavy atom. The number of imide groups is 2. The van der Waals surface area contributed by atoms with Crippen LogP contribution >= 0.6 is 11.6 Å². The van der Waals surface area contributed by atoms with E-state index >= 15 is 0 Å². The molecule has 1 fully saturated rings. The largest absolute Gasteiger partial charge is 0.480 e. The number of terminal acetylenes is 1. The van der Waals surface area contributed by atoms with Crippen molar-refractivity contribution >= 4 is 52.0 Å². The summed E-state index contributed by atoms with van der Waals surface area (Å²) >= 11 is 6.01. The van der Waals surface area contributed by atoms with E-state index in [-0.39, 0.29) is 17.9 Å². The van der Waals surface area contributed by atoms with E-state index in [4.69, 9.17) is 22.8 Å². The molecule has 0 radical (unpaired) electrons. The topological polar surface area (TPSA) is 75.7 Å². The lowest BCUT2D eigenvalue weighted by atomic mass is 9.99. The van der Waals surface area contributed by atoms with Crippen molar-refractivity contribution in [3.63, 3.8) is 0 Å². The smallest absolute Gasteiger partial charge is 0.335 e. The number of hydrogen-bond donors (Lipinski definition) is 1. The van der Waals surface area contributed by atoms with Crippen LogP contribution in [0.2, 0.25) is 5.02 Å². The highest BCUT2D eigenvalue weighted by molar-refractivity contribution is 6.39. The quantitative estimate of drug-likeness (QED) is 0.383. The molecule has 31 heavy (non-hydrogen) atoms. The van der Waals surface area contributed by atoms with Gasteiger partial charge in [0, 0.05) is 10.6 Å². The summed E-state index contributed by atoms with van der Waals surface area (Å²) in [4.78, 5) is 39.0. The van der Waals surface area contributed by atoms with E-state index in [9.17, 15) is 14.4 Å². The average Bonchev–Trinajstić information content (AvgIpc) is 2.75. The third-order valence-corrected chi connectivity index (χ3v) is 4.93. The number of barbiturate groups is 1. The first-order chi connectivity index (χ1) is 15.0. The number of nitrogens with one attached hydrogen (secondary N) is 1. The molecule has 1 saturated heterocycles. The van der Waals surface area contributed by atoms with Crippen LogP contribution in [0.5, 0.6) is 5.75 Å². The molecular weight excluding hydrogens is 416 g/mol. The third kappa shape index (κ3) is 3.87. The molecule has 0 spiro atoms. The zero-order valence-corrected chi connectivity index (χ0v) is 16.8. The van der Waals surface area contributed by atoms with Gasteiger partial charge in [-0.05, 0) is 41.1 Å². The molecule has 0 unspecified atom stereocenters. The van der Waals surface area contributed by atoms with Crippen LogP contribution < -0.4 is 15.0 Å². The van der Waals surface area contributed by atoms with Gasteiger partial charge in [-0.3, -0.25) is 14.9 Å². The predicted octanol–water partition coefficient (Wildman–Crippen LogP) is 4.17. The molecule has 3 aromatic rings. The van der Waals surface area contributed by atoms with Crippen molar-refractivity contribution in [1.82, 2.24) is 5.32 Å². The van der Waals surface area contributed by atoms with Crippen molar-refractivity contribution in [2.75, 3.05) is 11.5 Å². The summed E-state index contributed by atoms with van der Waals surface area (Å²) in [6.45, 7) is 0.0157. The van der Waals surface area contributed by atoms with Crippen LogP contribution in [0.15, 0.2) is 66.2 Å². The van der Waals surface area contributed by atoms with Gasteiger partial charge in [0.05, 0.1) is 5.69 Å². The van der Waals surface area contributed by atoms with E-state index in [1.54, 1.807) is 24.3 Å². The van der Waals surface area contributed by atoms with E-state index in [2.05, 4.69) is 11.2 Å². The van der Waals surface area contributed by atoms with E-state index < -0.39 is 17.8 Å². The number of carbonyl (C=O) groups is 3. The fourth-order valence-electron chi connectivity index (χ4n) is 3.32. The lowest BCUT2D eigenvalue weighted by Gasteiger charge is -2.26. The number of fused-ring (bicyclic) bond motifs is 1. The number of ether oxygens (including phenoxy) is 1. The first-order valence-electron chi connectivity index (χ1n) is 9.24. The second-order valence-corrected chi connectivity index (χ2v) is 7.07. The van der Waals surface area contributed by atoms with Gasteiger partial charge in [-0.15, -0.1) is 6.42 Å².